The highest BCUT2D eigenvalue weighted by Gasteiger charge is 2.26. The Morgan fingerprint density at radius 1 is 0.923 bits per heavy atom. The molecular formula is C21H29O4P. The lowest BCUT2D eigenvalue weighted by Gasteiger charge is -2.25. The van der Waals surface area contributed by atoms with E-state index in [1.165, 1.54) is 24.8 Å². The monoisotopic (exact) mass is 376 g/mol. The van der Waals surface area contributed by atoms with E-state index in [2.05, 4.69) is 20.8 Å². The second-order valence-corrected chi connectivity index (χ2v) is 8.63. The van der Waals surface area contributed by atoms with Crippen molar-refractivity contribution in [1.82, 2.24) is 0 Å². The molecule has 0 aliphatic rings. The van der Waals surface area contributed by atoms with Gasteiger partial charge in [0, 0.05) is 0 Å². The van der Waals surface area contributed by atoms with E-state index < -0.39 is 7.82 Å². The minimum atomic E-state index is -4.23. The summed E-state index contributed by atoms with van der Waals surface area (Å²) < 4.78 is 22.5. The van der Waals surface area contributed by atoms with Crippen molar-refractivity contribution in [3.05, 3.63) is 59.7 Å². The molecule has 2 aromatic rings. The first kappa shape index (κ1) is 20.5. The van der Waals surface area contributed by atoms with Crippen LogP contribution in [0.1, 0.15) is 57.6 Å². The number of unbranched alkanes of at least 4 members (excludes halogenated alkanes) is 2. The first-order valence-electron chi connectivity index (χ1n) is 9.11. The number of benzene rings is 2. The van der Waals surface area contributed by atoms with Crippen molar-refractivity contribution in [1.29, 1.82) is 0 Å². The van der Waals surface area contributed by atoms with E-state index in [4.69, 9.17) is 9.05 Å². The molecule has 0 saturated carbocycles. The predicted molar refractivity (Wildman–Crippen MR) is 106 cm³/mol. The summed E-state index contributed by atoms with van der Waals surface area (Å²) in [5.74, 6) is 0.617. The van der Waals surface area contributed by atoms with Crippen molar-refractivity contribution in [2.75, 3.05) is 0 Å². The molecule has 0 amide bonds. The van der Waals surface area contributed by atoms with Gasteiger partial charge in [0.15, 0.2) is 0 Å². The summed E-state index contributed by atoms with van der Waals surface area (Å²) in [6, 6.07) is 14.2. The molecule has 0 heterocycles. The van der Waals surface area contributed by atoms with Crippen molar-refractivity contribution in [3.63, 3.8) is 0 Å². The summed E-state index contributed by atoms with van der Waals surface area (Å²) in [5.41, 5.74) is 2.30. The zero-order chi connectivity index (χ0) is 19.2. The predicted octanol–water partition coefficient (Wildman–Crippen LogP) is 6.41. The van der Waals surface area contributed by atoms with Crippen LogP contribution in [0.3, 0.4) is 0 Å². The van der Waals surface area contributed by atoms with Gasteiger partial charge in [0.2, 0.25) is 0 Å². The third-order valence-electron chi connectivity index (χ3n) is 4.50. The average Bonchev–Trinajstić information content (AvgIpc) is 2.57. The maximum atomic E-state index is 12.2. The molecule has 1 atom stereocenters. The Morgan fingerprint density at radius 3 is 1.92 bits per heavy atom. The van der Waals surface area contributed by atoms with E-state index >= 15 is 0 Å². The molecule has 0 bridgehead atoms. The topological polar surface area (TPSA) is 55.8 Å². The molecule has 142 valence electrons. The van der Waals surface area contributed by atoms with Crippen LogP contribution in [-0.2, 0) is 9.98 Å². The Bertz CT molecular complexity index is 736. The van der Waals surface area contributed by atoms with Crippen molar-refractivity contribution in [2.45, 2.75) is 58.8 Å². The Hall–Kier alpha value is -1.77. The summed E-state index contributed by atoms with van der Waals surface area (Å²) in [4.78, 5) is 9.97. The van der Waals surface area contributed by atoms with Crippen LogP contribution in [0.5, 0.6) is 11.5 Å². The number of phosphoric acid groups is 1. The zero-order valence-corrected chi connectivity index (χ0v) is 17.0. The summed E-state index contributed by atoms with van der Waals surface area (Å²) in [6.07, 6.45) is 4.73. The lowest BCUT2D eigenvalue weighted by molar-refractivity contribution is 0.291. The van der Waals surface area contributed by atoms with E-state index in [9.17, 15) is 9.46 Å². The molecule has 5 heteroatoms. The summed E-state index contributed by atoms with van der Waals surface area (Å²) in [7, 11) is -4.23. The minimum Gasteiger partial charge on any atom is -0.395 e. The third-order valence-corrected chi connectivity index (χ3v) is 5.39. The van der Waals surface area contributed by atoms with Crippen LogP contribution in [-0.4, -0.2) is 4.89 Å². The van der Waals surface area contributed by atoms with Gasteiger partial charge in [-0.15, -0.1) is 0 Å². The smallest absolute Gasteiger partial charge is 0.395 e. The maximum absolute atomic E-state index is 12.2. The van der Waals surface area contributed by atoms with Gasteiger partial charge in [-0.3, -0.25) is 4.89 Å². The van der Waals surface area contributed by atoms with E-state index in [0.29, 0.717) is 11.5 Å². The largest absolute Gasteiger partial charge is 0.584 e. The number of aryl methyl sites for hydroxylation is 1. The summed E-state index contributed by atoms with van der Waals surface area (Å²) >= 11 is 0. The zero-order valence-electron chi connectivity index (χ0n) is 16.1. The lowest BCUT2D eigenvalue weighted by Crippen LogP contribution is -2.16. The van der Waals surface area contributed by atoms with Crippen LogP contribution in [0.15, 0.2) is 48.5 Å². The SMILES string of the molecule is CCCCCC(C)(C)c1ccc(OP(=O)(O)Oc2ccc(C)cc2)cc1. The molecule has 2 rings (SSSR count). The van der Waals surface area contributed by atoms with Gasteiger partial charge in [-0.2, -0.15) is 0 Å². The molecule has 4 nitrogen and oxygen atoms in total. The maximum Gasteiger partial charge on any atom is 0.584 e. The molecule has 1 N–H and O–H groups in total. The van der Waals surface area contributed by atoms with E-state index in [-0.39, 0.29) is 5.41 Å². The van der Waals surface area contributed by atoms with Gasteiger partial charge in [-0.25, -0.2) is 4.57 Å². The van der Waals surface area contributed by atoms with Crippen LogP contribution in [0, 0.1) is 6.92 Å². The third kappa shape index (κ3) is 6.19. The number of hydrogen-bond donors (Lipinski definition) is 1. The first-order chi connectivity index (χ1) is 12.2. The quantitative estimate of drug-likeness (QED) is 0.406. The highest BCUT2D eigenvalue weighted by atomic mass is 31.2. The Labute approximate surface area is 156 Å². The lowest BCUT2D eigenvalue weighted by atomic mass is 9.80. The molecular weight excluding hydrogens is 347 g/mol. The number of rotatable bonds is 9. The second-order valence-electron chi connectivity index (χ2n) is 7.33. The molecule has 0 aliphatic heterocycles. The Balaban J connectivity index is 2.01. The van der Waals surface area contributed by atoms with E-state index in [1.54, 1.807) is 24.3 Å². The highest BCUT2D eigenvalue weighted by molar-refractivity contribution is 7.48. The van der Waals surface area contributed by atoms with Gasteiger partial charge >= 0.3 is 7.82 Å². The standard InChI is InChI=1S/C21H29O4P/c1-5-6-7-16-21(3,4)18-10-14-20(15-11-18)25-26(22,23)24-19-12-8-17(2)9-13-19/h8-15H,5-7,16H2,1-4H3,(H,22,23). The van der Waals surface area contributed by atoms with E-state index in [1.807, 2.05) is 31.2 Å². The molecule has 1 unspecified atom stereocenters. The molecule has 26 heavy (non-hydrogen) atoms. The van der Waals surface area contributed by atoms with Crippen molar-refractivity contribution in [3.8, 4) is 11.5 Å². The summed E-state index contributed by atoms with van der Waals surface area (Å²) in [6.45, 7) is 8.57. The summed E-state index contributed by atoms with van der Waals surface area (Å²) in [5, 5.41) is 0. The van der Waals surface area contributed by atoms with Crippen LogP contribution in [0.4, 0.5) is 0 Å². The molecule has 0 saturated heterocycles. The van der Waals surface area contributed by atoms with Crippen molar-refractivity contribution >= 4 is 7.82 Å². The normalized spacial score (nSPS) is 13.9. The molecule has 2 aromatic carbocycles. The first-order valence-corrected chi connectivity index (χ1v) is 10.6. The van der Waals surface area contributed by atoms with Crippen molar-refractivity contribution < 1.29 is 18.5 Å². The number of hydrogen-bond acceptors (Lipinski definition) is 3. The molecule has 0 radical (unpaired) electrons. The molecule has 0 aromatic heterocycles. The molecule has 0 fully saturated rings. The fourth-order valence-corrected chi connectivity index (χ4v) is 3.63. The minimum absolute atomic E-state index is 0.0645. The van der Waals surface area contributed by atoms with Gasteiger partial charge in [0.1, 0.15) is 11.5 Å². The fourth-order valence-electron chi connectivity index (χ4n) is 2.81. The molecule has 0 aliphatic carbocycles. The Morgan fingerprint density at radius 2 is 1.42 bits per heavy atom. The van der Waals surface area contributed by atoms with Crippen molar-refractivity contribution in [2.24, 2.45) is 0 Å². The van der Waals surface area contributed by atoms with Gasteiger partial charge in [0.25, 0.3) is 0 Å². The Kier molecular flexibility index (Phi) is 6.91. The van der Waals surface area contributed by atoms with Crippen LogP contribution < -0.4 is 9.05 Å². The number of phosphoric ester groups is 1. The van der Waals surface area contributed by atoms with Gasteiger partial charge in [0.05, 0.1) is 0 Å². The van der Waals surface area contributed by atoms with Crippen LogP contribution in [0.25, 0.3) is 0 Å². The highest BCUT2D eigenvalue weighted by Crippen LogP contribution is 2.44. The van der Waals surface area contributed by atoms with Crippen LogP contribution >= 0.6 is 7.82 Å². The second kappa shape index (κ2) is 8.75. The van der Waals surface area contributed by atoms with Gasteiger partial charge in [-0.05, 0) is 48.6 Å². The average molecular weight is 376 g/mol. The van der Waals surface area contributed by atoms with Gasteiger partial charge in [-0.1, -0.05) is 69.9 Å². The van der Waals surface area contributed by atoms with Gasteiger partial charge < -0.3 is 9.05 Å². The fraction of sp³-hybridized carbons (Fsp3) is 0.429. The molecule has 0 spiro atoms. The van der Waals surface area contributed by atoms with Crippen LogP contribution in [0.2, 0.25) is 0 Å². The van der Waals surface area contributed by atoms with E-state index in [0.717, 1.165) is 12.0 Å².